The second-order valence-electron chi connectivity index (χ2n) is 13.3. The van der Waals surface area contributed by atoms with Gasteiger partial charge in [-0.05, 0) is 63.4 Å². The van der Waals surface area contributed by atoms with Crippen molar-refractivity contribution >= 4 is 57.5 Å². The number of nitrogens with one attached hydrogen (secondary N) is 3. The summed E-state index contributed by atoms with van der Waals surface area (Å²) in [7, 11) is 1.34. The maximum atomic E-state index is 13.2. The second kappa shape index (κ2) is 17.3. The number of imidazole rings is 1. The number of fused-ring (bicyclic) bond motifs is 4. The first-order chi connectivity index (χ1) is 25.6. The third-order valence-corrected chi connectivity index (χ3v) is 11.0. The Balaban J connectivity index is 0.904. The fourth-order valence-corrected chi connectivity index (χ4v) is 7.93. The first-order valence-corrected chi connectivity index (χ1v) is 19.3. The number of para-hydroxylation sites is 1. The number of benzene rings is 2. The lowest BCUT2D eigenvalue weighted by Crippen LogP contribution is -2.26. The minimum atomic E-state index is -0.492. The third kappa shape index (κ3) is 8.85. The Morgan fingerprint density at radius 2 is 1.62 bits per heavy atom. The van der Waals surface area contributed by atoms with E-state index in [1.807, 2.05) is 37.3 Å². The summed E-state index contributed by atoms with van der Waals surface area (Å²) in [5.74, 6) is 1.56. The van der Waals surface area contributed by atoms with Gasteiger partial charge in [0.05, 0.1) is 30.3 Å². The van der Waals surface area contributed by atoms with Gasteiger partial charge in [-0.15, -0.1) is 21.5 Å². The number of methoxy groups -OCH3 is 1. The molecule has 14 heteroatoms. The average molecular weight is 757 g/mol. The van der Waals surface area contributed by atoms with E-state index in [9.17, 15) is 14.4 Å². The van der Waals surface area contributed by atoms with Crippen LogP contribution >= 0.6 is 22.9 Å². The highest BCUT2D eigenvalue weighted by molar-refractivity contribution is 7.15. The van der Waals surface area contributed by atoms with Crippen LogP contribution in [-0.2, 0) is 20.7 Å². The van der Waals surface area contributed by atoms with Crippen molar-refractivity contribution in [3.63, 3.8) is 0 Å². The minimum absolute atomic E-state index is 0.0261. The summed E-state index contributed by atoms with van der Waals surface area (Å²) >= 11 is 7.91. The molecule has 0 unspecified atom stereocenters. The number of carbonyl (C=O) groups excluding carboxylic acids is 3. The number of aromatic amines is 1. The molecular formula is C39H45ClN8O4S. The SMILES string of the molecule is COC(=O)c1cccc2[nH]c(CCC(=O)NCCCCCCCCNC(=O)C[C@@H]3N=C(c4ccc(Cl)cc4)c4c(sc(C)c4C)-n4c(C)nnc43)nc12. The van der Waals surface area contributed by atoms with Crippen LogP contribution in [0.1, 0.15) is 107 Å². The summed E-state index contributed by atoms with van der Waals surface area (Å²) in [6, 6.07) is 12.5. The fourth-order valence-electron chi connectivity index (χ4n) is 6.59. The number of hydrogen-bond donors (Lipinski definition) is 3. The summed E-state index contributed by atoms with van der Waals surface area (Å²) in [4.78, 5) is 51.7. The molecule has 0 saturated carbocycles. The average Bonchev–Trinajstić information content (AvgIpc) is 3.81. The maximum Gasteiger partial charge on any atom is 0.340 e. The van der Waals surface area contributed by atoms with E-state index < -0.39 is 12.0 Å². The van der Waals surface area contributed by atoms with Gasteiger partial charge in [-0.1, -0.05) is 55.5 Å². The van der Waals surface area contributed by atoms with E-state index >= 15 is 0 Å². The highest BCUT2D eigenvalue weighted by atomic mass is 35.5. The zero-order valence-electron chi connectivity index (χ0n) is 30.6. The van der Waals surface area contributed by atoms with Gasteiger partial charge in [0, 0.05) is 47.0 Å². The summed E-state index contributed by atoms with van der Waals surface area (Å²) in [5, 5.41) is 16.6. The quantitative estimate of drug-likeness (QED) is 0.0719. The van der Waals surface area contributed by atoms with Gasteiger partial charge >= 0.3 is 5.97 Å². The number of halogens is 1. The van der Waals surface area contributed by atoms with E-state index in [-0.39, 0.29) is 18.2 Å². The summed E-state index contributed by atoms with van der Waals surface area (Å²) in [6.45, 7) is 7.38. The molecule has 4 heterocycles. The van der Waals surface area contributed by atoms with Crippen LogP contribution in [-0.4, -0.2) is 68.4 Å². The van der Waals surface area contributed by atoms with Crippen molar-refractivity contribution in [2.75, 3.05) is 20.2 Å². The van der Waals surface area contributed by atoms with Gasteiger partial charge in [0.1, 0.15) is 28.2 Å². The standard InChI is InChI=1S/C39H45ClN8O4S/c1-23-24(2)53-38-34(23)35(26-14-16-27(40)17-15-26)44-30(37-47-46-25(3)48(37)38)22-33(50)42-21-10-8-6-5-7-9-20-41-32(49)19-18-31-43-29-13-11-12-28(36(29)45-31)39(51)52-4/h11-17,30H,5-10,18-22H2,1-4H3,(H,41,49)(H,42,50)(H,43,45)/t30-/m0/s1. The summed E-state index contributed by atoms with van der Waals surface area (Å²) < 4.78 is 6.90. The Kier molecular flexibility index (Phi) is 12.4. The monoisotopic (exact) mass is 756 g/mol. The number of aryl methyl sites for hydroxylation is 3. The Bertz CT molecular complexity index is 2130. The van der Waals surface area contributed by atoms with Crippen LogP contribution in [0.15, 0.2) is 47.5 Å². The van der Waals surface area contributed by atoms with Gasteiger partial charge in [0.2, 0.25) is 11.8 Å². The van der Waals surface area contributed by atoms with Crippen molar-refractivity contribution in [1.82, 2.24) is 35.4 Å². The van der Waals surface area contributed by atoms with E-state index in [2.05, 4.69) is 49.2 Å². The molecule has 53 heavy (non-hydrogen) atoms. The van der Waals surface area contributed by atoms with Crippen molar-refractivity contribution in [3.8, 4) is 5.00 Å². The van der Waals surface area contributed by atoms with Crippen LogP contribution in [0, 0.1) is 20.8 Å². The lowest BCUT2D eigenvalue weighted by atomic mass is 9.99. The number of hydrogen-bond acceptors (Lipinski definition) is 9. The molecule has 5 aromatic rings. The van der Waals surface area contributed by atoms with Gasteiger partial charge in [-0.2, -0.15) is 0 Å². The molecular weight excluding hydrogens is 712 g/mol. The van der Waals surface area contributed by atoms with Crippen LogP contribution in [0.2, 0.25) is 5.02 Å². The molecule has 0 saturated heterocycles. The number of thiophene rings is 1. The molecule has 1 aliphatic rings. The molecule has 1 aliphatic heterocycles. The largest absolute Gasteiger partial charge is 0.465 e. The van der Waals surface area contributed by atoms with Crippen LogP contribution in [0.25, 0.3) is 16.0 Å². The van der Waals surface area contributed by atoms with E-state index in [1.54, 1.807) is 23.5 Å². The number of aliphatic imine (C=N–C) groups is 1. The number of H-pyrrole nitrogens is 1. The smallest absolute Gasteiger partial charge is 0.340 e. The highest BCUT2D eigenvalue weighted by Crippen LogP contribution is 2.39. The number of nitrogens with zero attached hydrogens (tertiary/aromatic N) is 5. The Morgan fingerprint density at radius 1 is 0.925 bits per heavy atom. The van der Waals surface area contributed by atoms with E-state index in [0.717, 1.165) is 77.3 Å². The molecule has 0 spiro atoms. The predicted molar refractivity (Wildman–Crippen MR) is 207 cm³/mol. The molecule has 2 amide bonds. The molecule has 0 fully saturated rings. The normalized spacial score (nSPS) is 13.6. The zero-order valence-corrected chi connectivity index (χ0v) is 32.1. The summed E-state index contributed by atoms with van der Waals surface area (Å²) in [5.41, 5.74) is 5.66. The van der Waals surface area contributed by atoms with Crippen LogP contribution in [0.3, 0.4) is 0 Å². The molecule has 1 atom stereocenters. The molecule has 3 aromatic heterocycles. The first-order valence-electron chi connectivity index (χ1n) is 18.1. The molecule has 2 aromatic carbocycles. The van der Waals surface area contributed by atoms with Gasteiger partial charge in [-0.3, -0.25) is 19.1 Å². The van der Waals surface area contributed by atoms with Crippen LogP contribution in [0.4, 0.5) is 0 Å². The number of aromatic nitrogens is 5. The Morgan fingerprint density at radius 3 is 2.34 bits per heavy atom. The van der Waals surface area contributed by atoms with E-state index in [0.29, 0.717) is 53.7 Å². The molecule has 0 bridgehead atoms. The predicted octanol–water partition coefficient (Wildman–Crippen LogP) is 7.06. The molecule has 12 nitrogen and oxygen atoms in total. The molecule has 6 rings (SSSR count). The van der Waals surface area contributed by atoms with Crippen molar-refractivity contribution in [3.05, 3.63) is 92.1 Å². The van der Waals surface area contributed by atoms with Gasteiger partial charge in [0.25, 0.3) is 0 Å². The lowest BCUT2D eigenvalue weighted by Gasteiger charge is -2.13. The Hall–Kier alpha value is -4.88. The molecule has 0 aliphatic carbocycles. The number of carbonyl (C=O) groups is 3. The third-order valence-electron chi connectivity index (χ3n) is 9.54. The van der Waals surface area contributed by atoms with Crippen LogP contribution in [0.5, 0.6) is 0 Å². The minimum Gasteiger partial charge on any atom is -0.465 e. The van der Waals surface area contributed by atoms with E-state index in [1.165, 1.54) is 12.0 Å². The molecule has 278 valence electrons. The number of ether oxygens (including phenoxy) is 1. The number of amides is 2. The van der Waals surface area contributed by atoms with E-state index in [4.69, 9.17) is 21.3 Å². The number of rotatable bonds is 16. The van der Waals surface area contributed by atoms with Gasteiger partial charge < -0.3 is 20.4 Å². The van der Waals surface area contributed by atoms with Crippen LogP contribution < -0.4 is 10.6 Å². The van der Waals surface area contributed by atoms with Gasteiger partial charge in [0.15, 0.2) is 5.82 Å². The van der Waals surface area contributed by atoms with Crippen molar-refractivity contribution in [2.45, 2.75) is 84.6 Å². The Labute approximate surface area is 317 Å². The first kappa shape index (κ1) is 37.9. The lowest BCUT2D eigenvalue weighted by molar-refractivity contribution is -0.122. The van der Waals surface area contributed by atoms with Crippen molar-refractivity contribution < 1.29 is 19.1 Å². The summed E-state index contributed by atoms with van der Waals surface area (Å²) in [6.07, 6.45) is 6.88. The highest BCUT2D eigenvalue weighted by Gasteiger charge is 2.32. The van der Waals surface area contributed by atoms with Gasteiger partial charge in [-0.25, -0.2) is 9.78 Å². The number of unbranched alkanes of at least 4 members (excludes halogenated alkanes) is 5. The number of esters is 1. The van der Waals surface area contributed by atoms with Crippen molar-refractivity contribution in [1.29, 1.82) is 0 Å². The van der Waals surface area contributed by atoms with Crippen molar-refractivity contribution in [2.24, 2.45) is 4.99 Å². The maximum absolute atomic E-state index is 13.2. The molecule has 3 N–H and O–H groups in total. The zero-order chi connectivity index (χ0) is 37.5. The molecule has 0 radical (unpaired) electrons. The topological polar surface area (TPSA) is 156 Å². The second-order valence-corrected chi connectivity index (χ2v) is 14.9. The fraction of sp³-hybridized carbons (Fsp3) is 0.410.